The lowest BCUT2D eigenvalue weighted by molar-refractivity contribution is -0.138. The van der Waals surface area contributed by atoms with E-state index in [1.165, 1.54) is 12.1 Å². The maximum absolute atomic E-state index is 13.2. The van der Waals surface area contributed by atoms with Crippen LogP contribution in [0.25, 0.3) is 11.0 Å². The van der Waals surface area contributed by atoms with Crippen LogP contribution in [0.15, 0.2) is 60.9 Å². The molecule has 0 aliphatic heterocycles. The zero-order chi connectivity index (χ0) is 24.3. The Bertz CT molecular complexity index is 1310. The smallest absolute Gasteiger partial charge is 0.416 e. The number of pyridine rings is 1. The predicted molar refractivity (Wildman–Crippen MR) is 114 cm³/mol. The van der Waals surface area contributed by atoms with Crippen LogP contribution in [-0.4, -0.2) is 27.6 Å². The first kappa shape index (κ1) is 23.0. The fourth-order valence-electron chi connectivity index (χ4n) is 3.21. The van der Waals surface area contributed by atoms with Crippen molar-refractivity contribution in [2.45, 2.75) is 19.0 Å². The van der Waals surface area contributed by atoms with E-state index in [2.05, 4.69) is 25.8 Å². The molecule has 0 fully saturated rings. The largest absolute Gasteiger partial charge is 0.456 e. The number of rotatable bonds is 6. The molecule has 4 rings (SSSR count). The molecule has 12 heteroatoms. The molecule has 0 saturated heterocycles. The summed E-state index contributed by atoms with van der Waals surface area (Å²) in [6, 6.07) is 9.79. The second-order valence-electron chi connectivity index (χ2n) is 7.11. The van der Waals surface area contributed by atoms with Crippen molar-refractivity contribution in [2.75, 3.05) is 10.6 Å². The molecule has 0 unspecified atom stereocenters. The van der Waals surface area contributed by atoms with Gasteiger partial charge in [0.1, 0.15) is 11.5 Å². The summed E-state index contributed by atoms with van der Waals surface area (Å²) in [5.74, 6) is 0.983. The zero-order valence-electron chi connectivity index (χ0n) is 17.2. The Morgan fingerprint density at radius 1 is 1.03 bits per heavy atom. The van der Waals surface area contributed by atoms with Crippen LogP contribution < -0.4 is 15.4 Å². The number of aromatic amines is 1. The number of carbonyl (C=O) groups is 1. The maximum Gasteiger partial charge on any atom is 0.416 e. The molecular weight excluding hydrogens is 461 g/mol. The molecule has 0 bridgehead atoms. The Balaban J connectivity index is 1.42. The molecule has 2 heterocycles. The van der Waals surface area contributed by atoms with E-state index < -0.39 is 36.2 Å². The quantitative estimate of drug-likeness (QED) is 0.288. The van der Waals surface area contributed by atoms with E-state index in [0.717, 1.165) is 12.1 Å². The summed E-state index contributed by atoms with van der Waals surface area (Å²) < 4.78 is 70.7. The number of fused-ring (bicyclic) bond motifs is 1. The van der Waals surface area contributed by atoms with Gasteiger partial charge in [0.2, 0.25) is 6.43 Å². The van der Waals surface area contributed by atoms with Crippen LogP contribution in [0.2, 0.25) is 0 Å². The molecule has 7 nitrogen and oxygen atoms in total. The lowest BCUT2D eigenvalue weighted by atomic mass is 10.0. The van der Waals surface area contributed by atoms with Crippen LogP contribution in [0, 0.1) is 0 Å². The standard InChI is InChI=1S/C22H16F5N5O2/c23-19(24)9-12-1-2-14(10-17(12)22(25,26)27)31-21(33)30-13-3-5-15(6-4-13)34-18-7-8-28-20-16(18)11-29-32-20/h1-8,10-11,19H,9H2,(H,28,29,32)(H2,30,31,33). The molecule has 2 aromatic carbocycles. The van der Waals surface area contributed by atoms with E-state index in [1.807, 2.05) is 0 Å². The van der Waals surface area contributed by atoms with Gasteiger partial charge in [-0.3, -0.25) is 5.10 Å². The highest BCUT2D eigenvalue weighted by molar-refractivity contribution is 5.99. The number of amides is 2. The minimum atomic E-state index is -4.84. The van der Waals surface area contributed by atoms with Crippen molar-refractivity contribution in [2.24, 2.45) is 0 Å². The van der Waals surface area contributed by atoms with Gasteiger partial charge in [0.05, 0.1) is 17.1 Å². The summed E-state index contributed by atoms with van der Waals surface area (Å²) in [7, 11) is 0. The molecule has 0 atom stereocenters. The first-order valence-corrected chi connectivity index (χ1v) is 9.81. The van der Waals surface area contributed by atoms with Crippen molar-refractivity contribution in [3.05, 3.63) is 72.1 Å². The third kappa shape index (κ3) is 5.39. The van der Waals surface area contributed by atoms with E-state index in [4.69, 9.17) is 4.74 Å². The molecule has 0 saturated carbocycles. The summed E-state index contributed by atoms with van der Waals surface area (Å²) in [4.78, 5) is 16.3. The molecule has 0 radical (unpaired) electrons. The molecule has 0 spiro atoms. The lowest BCUT2D eigenvalue weighted by Crippen LogP contribution is -2.20. The summed E-state index contributed by atoms with van der Waals surface area (Å²) in [5, 5.41) is 12.1. The Morgan fingerprint density at radius 3 is 2.44 bits per heavy atom. The molecule has 2 aromatic heterocycles. The fourth-order valence-corrected chi connectivity index (χ4v) is 3.21. The summed E-state index contributed by atoms with van der Waals surface area (Å²) in [6.45, 7) is 0. The van der Waals surface area contributed by atoms with Gasteiger partial charge in [-0.25, -0.2) is 18.6 Å². The maximum atomic E-state index is 13.2. The van der Waals surface area contributed by atoms with Gasteiger partial charge in [-0.15, -0.1) is 0 Å². The number of halogens is 5. The molecule has 2 amide bonds. The highest BCUT2D eigenvalue weighted by Gasteiger charge is 2.34. The van der Waals surface area contributed by atoms with E-state index in [1.54, 1.807) is 30.6 Å². The third-order valence-corrected chi connectivity index (χ3v) is 4.70. The normalized spacial score (nSPS) is 11.6. The van der Waals surface area contributed by atoms with Crippen molar-refractivity contribution in [3.8, 4) is 11.5 Å². The summed E-state index contributed by atoms with van der Waals surface area (Å²) in [5.41, 5.74) is -1.06. The van der Waals surface area contributed by atoms with Crippen molar-refractivity contribution >= 4 is 28.4 Å². The number of nitrogens with zero attached hydrogens (tertiary/aromatic N) is 2. The van der Waals surface area contributed by atoms with Crippen LogP contribution in [0.1, 0.15) is 11.1 Å². The van der Waals surface area contributed by atoms with Crippen LogP contribution in [0.4, 0.5) is 38.1 Å². The third-order valence-electron chi connectivity index (χ3n) is 4.70. The van der Waals surface area contributed by atoms with Crippen molar-refractivity contribution in [3.63, 3.8) is 0 Å². The van der Waals surface area contributed by atoms with Gasteiger partial charge in [-0.2, -0.15) is 18.3 Å². The Labute approximate surface area is 189 Å². The van der Waals surface area contributed by atoms with Crippen molar-refractivity contribution in [1.82, 2.24) is 15.2 Å². The van der Waals surface area contributed by atoms with Crippen molar-refractivity contribution < 1.29 is 31.5 Å². The first-order chi connectivity index (χ1) is 16.2. The molecule has 34 heavy (non-hydrogen) atoms. The highest BCUT2D eigenvalue weighted by atomic mass is 19.4. The van der Waals surface area contributed by atoms with Gasteiger partial charge in [0.15, 0.2) is 5.65 Å². The van der Waals surface area contributed by atoms with Crippen LogP contribution in [0.3, 0.4) is 0 Å². The van der Waals surface area contributed by atoms with Gasteiger partial charge in [-0.05, 0) is 48.0 Å². The van der Waals surface area contributed by atoms with E-state index in [9.17, 15) is 26.7 Å². The average Bonchev–Trinajstić information content (AvgIpc) is 3.25. The average molecular weight is 477 g/mol. The predicted octanol–water partition coefficient (Wildman–Crippen LogP) is 6.22. The number of nitrogens with one attached hydrogen (secondary N) is 3. The number of hydrogen-bond acceptors (Lipinski definition) is 4. The SMILES string of the molecule is O=C(Nc1ccc(Oc2ccnc3[nH]ncc23)cc1)Nc1ccc(CC(F)F)c(C(F)(F)F)c1. The first-order valence-electron chi connectivity index (χ1n) is 9.81. The topological polar surface area (TPSA) is 91.9 Å². The molecule has 4 aromatic rings. The Morgan fingerprint density at radius 2 is 1.74 bits per heavy atom. The molecule has 0 aliphatic rings. The van der Waals surface area contributed by atoms with Crippen LogP contribution >= 0.6 is 0 Å². The molecule has 3 N–H and O–H groups in total. The lowest BCUT2D eigenvalue weighted by Gasteiger charge is -2.15. The van der Waals surface area contributed by atoms with Crippen LogP contribution in [-0.2, 0) is 12.6 Å². The number of benzene rings is 2. The van der Waals surface area contributed by atoms with Gasteiger partial charge >= 0.3 is 12.2 Å². The van der Waals surface area contributed by atoms with Gasteiger partial charge < -0.3 is 15.4 Å². The van der Waals surface area contributed by atoms with Gasteiger partial charge in [-0.1, -0.05) is 6.07 Å². The molecule has 0 aliphatic carbocycles. The van der Waals surface area contributed by atoms with Crippen LogP contribution in [0.5, 0.6) is 11.5 Å². The number of H-pyrrole nitrogens is 1. The summed E-state index contributed by atoms with van der Waals surface area (Å²) in [6.07, 6.45) is -5.69. The van der Waals surface area contributed by atoms with E-state index >= 15 is 0 Å². The van der Waals surface area contributed by atoms with E-state index in [0.29, 0.717) is 34.3 Å². The van der Waals surface area contributed by atoms with Gasteiger partial charge in [0, 0.05) is 24.0 Å². The second kappa shape index (κ2) is 9.33. The molecule has 176 valence electrons. The van der Waals surface area contributed by atoms with E-state index in [-0.39, 0.29) is 5.69 Å². The number of carbonyl (C=O) groups excluding carboxylic acids is 1. The highest BCUT2D eigenvalue weighted by Crippen LogP contribution is 2.35. The number of alkyl halides is 5. The minimum absolute atomic E-state index is 0.190. The zero-order valence-corrected chi connectivity index (χ0v) is 17.2. The van der Waals surface area contributed by atoms with Crippen molar-refractivity contribution in [1.29, 1.82) is 0 Å². The minimum Gasteiger partial charge on any atom is -0.456 e. The molecular formula is C22H16F5N5O2. The second-order valence-corrected chi connectivity index (χ2v) is 7.11. The fraction of sp³-hybridized carbons (Fsp3) is 0.136. The number of anilines is 2. The monoisotopic (exact) mass is 477 g/mol. The number of urea groups is 1. The Hall–Kier alpha value is -4.22. The van der Waals surface area contributed by atoms with Gasteiger partial charge in [0.25, 0.3) is 0 Å². The summed E-state index contributed by atoms with van der Waals surface area (Å²) >= 11 is 0. The Kier molecular flexibility index (Phi) is 6.30. The number of hydrogen-bond donors (Lipinski definition) is 3. The number of aromatic nitrogens is 3. The number of ether oxygens (including phenoxy) is 1.